The van der Waals surface area contributed by atoms with Crippen LogP contribution in [0.25, 0.3) is 0 Å². The van der Waals surface area contributed by atoms with E-state index in [9.17, 15) is 9.90 Å². The average Bonchev–Trinajstić information content (AvgIpc) is 1.82. The van der Waals surface area contributed by atoms with Crippen LogP contribution < -0.4 is 0 Å². The molecule has 11 heavy (non-hydrogen) atoms. The third-order valence-corrected chi connectivity index (χ3v) is 1.49. The molecule has 0 aliphatic heterocycles. The molecule has 0 fully saturated rings. The normalized spacial score (nSPS) is 14.4. The highest BCUT2D eigenvalue weighted by molar-refractivity contribution is 5.80. The summed E-state index contributed by atoms with van der Waals surface area (Å²) in [4.78, 5) is 12.6. The van der Waals surface area contributed by atoms with Gasteiger partial charge >= 0.3 is 0 Å². The fourth-order valence-electron chi connectivity index (χ4n) is 0.615. The zero-order valence-electron chi connectivity index (χ0n) is 7.88. The summed E-state index contributed by atoms with van der Waals surface area (Å²) < 4.78 is 0. The summed E-state index contributed by atoms with van der Waals surface area (Å²) in [7, 11) is 3.27. The zero-order valence-corrected chi connectivity index (χ0v) is 7.88. The number of amides is 1. The molecular formula is C8H17NO2. The van der Waals surface area contributed by atoms with E-state index in [1.54, 1.807) is 14.1 Å². The van der Waals surface area contributed by atoms with E-state index in [1.165, 1.54) is 4.90 Å². The lowest BCUT2D eigenvalue weighted by Gasteiger charge is -2.26. The Morgan fingerprint density at radius 1 is 1.36 bits per heavy atom. The van der Waals surface area contributed by atoms with Crippen LogP contribution in [0.1, 0.15) is 20.8 Å². The van der Waals surface area contributed by atoms with Gasteiger partial charge in [0.25, 0.3) is 5.91 Å². The van der Waals surface area contributed by atoms with Crippen LogP contribution in [0.3, 0.4) is 0 Å². The van der Waals surface area contributed by atoms with Gasteiger partial charge in [0.15, 0.2) is 0 Å². The molecule has 0 saturated heterocycles. The largest absolute Gasteiger partial charge is 0.383 e. The number of likely N-dealkylation sites (N-methyl/N-ethyl adjacent to an activating group) is 1. The maximum absolute atomic E-state index is 11.2. The molecular weight excluding hydrogens is 142 g/mol. The summed E-state index contributed by atoms with van der Waals surface area (Å²) in [6.45, 7) is 5.50. The number of hydrogen-bond donors (Lipinski definition) is 1. The molecule has 0 rings (SSSR count). The van der Waals surface area contributed by atoms with Crippen molar-refractivity contribution in [3.8, 4) is 0 Å². The van der Waals surface area contributed by atoms with Crippen molar-refractivity contribution in [3.05, 3.63) is 0 Å². The van der Waals surface area contributed by atoms with Crippen molar-refractivity contribution >= 4 is 5.91 Å². The van der Waals surface area contributed by atoms with Crippen LogP contribution in [-0.2, 0) is 4.79 Å². The molecule has 0 aliphatic rings. The molecule has 3 nitrogen and oxygen atoms in total. The van der Waals surface area contributed by atoms with Gasteiger partial charge < -0.3 is 10.0 Å². The zero-order chi connectivity index (χ0) is 9.23. The van der Waals surface area contributed by atoms with Gasteiger partial charge in [0.1, 0.15) is 6.10 Å². The Labute approximate surface area is 68.0 Å². The minimum atomic E-state index is -0.905. The number of carbonyl (C=O) groups excluding carboxylic acids is 1. The number of hydrogen-bond acceptors (Lipinski definition) is 2. The Hall–Kier alpha value is -0.570. The van der Waals surface area contributed by atoms with Crippen molar-refractivity contribution in [2.24, 2.45) is 5.41 Å². The Bertz CT molecular complexity index is 147. The summed E-state index contributed by atoms with van der Waals surface area (Å²) >= 11 is 0. The van der Waals surface area contributed by atoms with Gasteiger partial charge in [-0.15, -0.1) is 0 Å². The van der Waals surface area contributed by atoms with Crippen LogP contribution in [0, 0.1) is 5.41 Å². The highest BCUT2D eigenvalue weighted by atomic mass is 16.3. The van der Waals surface area contributed by atoms with E-state index in [1.807, 2.05) is 20.8 Å². The van der Waals surface area contributed by atoms with Gasteiger partial charge in [-0.2, -0.15) is 0 Å². The second-order valence-electron chi connectivity index (χ2n) is 4.00. The first-order chi connectivity index (χ1) is 4.76. The highest BCUT2D eigenvalue weighted by Gasteiger charge is 2.29. The molecule has 0 aromatic rings. The predicted molar refractivity (Wildman–Crippen MR) is 44.2 cm³/mol. The van der Waals surface area contributed by atoms with E-state index in [0.717, 1.165) is 0 Å². The maximum Gasteiger partial charge on any atom is 0.251 e. The minimum absolute atomic E-state index is 0.238. The van der Waals surface area contributed by atoms with Crippen molar-refractivity contribution < 1.29 is 9.90 Å². The fourth-order valence-corrected chi connectivity index (χ4v) is 0.615. The molecule has 0 spiro atoms. The molecule has 0 bridgehead atoms. The molecule has 0 aliphatic carbocycles. The number of nitrogens with zero attached hydrogens (tertiary/aromatic N) is 1. The van der Waals surface area contributed by atoms with E-state index in [4.69, 9.17) is 0 Å². The minimum Gasteiger partial charge on any atom is -0.383 e. The SMILES string of the molecule is CN(C)C(=O)[C@H](O)C(C)(C)C. The first-order valence-electron chi connectivity index (χ1n) is 3.66. The quantitative estimate of drug-likeness (QED) is 0.604. The van der Waals surface area contributed by atoms with Crippen LogP contribution in [0.15, 0.2) is 0 Å². The van der Waals surface area contributed by atoms with E-state index in [2.05, 4.69) is 0 Å². The Kier molecular flexibility index (Phi) is 3.05. The molecule has 0 aromatic heterocycles. The van der Waals surface area contributed by atoms with Gasteiger partial charge in [-0.25, -0.2) is 0 Å². The lowest BCUT2D eigenvalue weighted by Crippen LogP contribution is -2.41. The van der Waals surface area contributed by atoms with Gasteiger partial charge in [-0.05, 0) is 5.41 Å². The highest BCUT2D eigenvalue weighted by Crippen LogP contribution is 2.19. The topological polar surface area (TPSA) is 40.5 Å². The van der Waals surface area contributed by atoms with Crippen molar-refractivity contribution in [2.75, 3.05) is 14.1 Å². The van der Waals surface area contributed by atoms with Gasteiger partial charge in [0.2, 0.25) is 0 Å². The molecule has 0 heterocycles. The van der Waals surface area contributed by atoms with Crippen molar-refractivity contribution in [1.29, 1.82) is 0 Å². The standard InChI is InChI=1S/C8H17NO2/c1-8(2,3)6(10)7(11)9(4)5/h6,10H,1-5H3/t6-/m0/s1. The molecule has 66 valence electrons. The van der Waals surface area contributed by atoms with Gasteiger partial charge in [0, 0.05) is 14.1 Å². The van der Waals surface area contributed by atoms with Crippen molar-refractivity contribution in [3.63, 3.8) is 0 Å². The molecule has 1 amide bonds. The van der Waals surface area contributed by atoms with Gasteiger partial charge in [0.05, 0.1) is 0 Å². The van der Waals surface area contributed by atoms with Crippen LogP contribution in [-0.4, -0.2) is 36.1 Å². The summed E-state index contributed by atoms with van der Waals surface area (Å²) in [5, 5.41) is 9.43. The lowest BCUT2D eigenvalue weighted by molar-refractivity contribution is -0.143. The van der Waals surface area contributed by atoms with Crippen molar-refractivity contribution in [1.82, 2.24) is 4.90 Å². The van der Waals surface area contributed by atoms with E-state index in [0.29, 0.717) is 0 Å². The van der Waals surface area contributed by atoms with Crippen LogP contribution >= 0.6 is 0 Å². The average molecular weight is 159 g/mol. The molecule has 1 atom stereocenters. The number of aliphatic hydroxyl groups excluding tert-OH is 1. The van der Waals surface area contributed by atoms with E-state index < -0.39 is 6.10 Å². The molecule has 0 saturated carbocycles. The molecule has 0 radical (unpaired) electrons. The summed E-state index contributed by atoms with van der Waals surface area (Å²) in [5.41, 5.74) is -0.374. The van der Waals surface area contributed by atoms with Crippen LogP contribution in [0.4, 0.5) is 0 Å². The van der Waals surface area contributed by atoms with Gasteiger partial charge in [-0.1, -0.05) is 20.8 Å². The second-order valence-corrected chi connectivity index (χ2v) is 4.00. The summed E-state index contributed by atoms with van der Waals surface area (Å²) in [6, 6.07) is 0. The van der Waals surface area contributed by atoms with Crippen LogP contribution in [0.5, 0.6) is 0 Å². The summed E-state index contributed by atoms with van der Waals surface area (Å²) in [5.74, 6) is -0.238. The fraction of sp³-hybridized carbons (Fsp3) is 0.875. The lowest BCUT2D eigenvalue weighted by atomic mass is 9.88. The van der Waals surface area contributed by atoms with Crippen molar-refractivity contribution in [2.45, 2.75) is 26.9 Å². The number of aliphatic hydroxyl groups is 1. The van der Waals surface area contributed by atoms with Gasteiger partial charge in [-0.3, -0.25) is 4.79 Å². The maximum atomic E-state index is 11.2. The Morgan fingerprint density at radius 3 is 1.82 bits per heavy atom. The van der Waals surface area contributed by atoms with Crippen LogP contribution in [0.2, 0.25) is 0 Å². The molecule has 0 unspecified atom stereocenters. The first kappa shape index (κ1) is 10.4. The third kappa shape index (κ3) is 2.89. The third-order valence-electron chi connectivity index (χ3n) is 1.49. The number of carbonyl (C=O) groups is 1. The molecule has 0 aromatic carbocycles. The van der Waals surface area contributed by atoms with E-state index >= 15 is 0 Å². The second kappa shape index (κ2) is 3.22. The molecule has 3 heteroatoms. The smallest absolute Gasteiger partial charge is 0.251 e. The number of rotatable bonds is 1. The monoisotopic (exact) mass is 159 g/mol. The predicted octanol–water partition coefficient (Wildman–Crippen LogP) is 0.482. The first-order valence-corrected chi connectivity index (χ1v) is 3.66. The summed E-state index contributed by atoms with van der Waals surface area (Å²) in [6.07, 6.45) is -0.905. The van der Waals surface area contributed by atoms with E-state index in [-0.39, 0.29) is 11.3 Å². The Morgan fingerprint density at radius 2 is 1.73 bits per heavy atom. The Balaban J connectivity index is 4.26. The molecule has 1 N–H and O–H groups in total.